The highest BCUT2D eigenvalue weighted by Crippen LogP contribution is 2.18. The van der Waals surface area contributed by atoms with Gasteiger partial charge in [-0.05, 0) is 18.9 Å². The Bertz CT molecular complexity index is 388. The van der Waals surface area contributed by atoms with Gasteiger partial charge in [-0.2, -0.15) is 5.10 Å². The fraction of sp³-hybridized carbons (Fsp3) is 0.667. The van der Waals surface area contributed by atoms with Gasteiger partial charge in [-0.1, -0.05) is 20.3 Å². The normalized spacial score (nSPS) is 23.9. The molecule has 5 nitrogen and oxygen atoms in total. The van der Waals surface area contributed by atoms with E-state index >= 15 is 0 Å². The maximum absolute atomic E-state index is 12.0. The van der Waals surface area contributed by atoms with E-state index in [1.807, 2.05) is 6.07 Å². The molecule has 17 heavy (non-hydrogen) atoms. The molecule has 1 aromatic rings. The van der Waals surface area contributed by atoms with Gasteiger partial charge < -0.3 is 10.6 Å². The van der Waals surface area contributed by atoms with E-state index in [0.717, 1.165) is 31.6 Å². The maximum atomic E-state index is 12.0. The average molecular weight is 236 g/mol. The van der Waals surface area contributed by atoms with E-state index in [1.54, 1.807) is 0 Å². The second kappa shape index (κ2) is 5.31. The summed E-state index contributed by atoms with van der Waals surface area (Å²) in [6.07, 6.45) is 2.03. The van der Waals surface area contributed by atoms with E-state index in [0.29, 0.717) is 11.7 Å². The summed E-state index contributed by atoms with van der Waals surface area (Å²) in [5.41, 5.74) is 1.07. The van der Waals surface area contributed by atoms with Crippen LogP contribution in [-0.2, 0) is 11.2 Å². The van der Waals surface area contributed by atoms with Crippen LogP contribution in [0.3, 0.4) is 0 Å². The first-order chi connectivity index (χ1) is 8.20. The molecular weight excluding hydrogens is 216 g/mol. The Morgan fingerprint density at radius 1 is 1.59 bits per heavy atom. The zero-order valence-corrected chi connectivity index (χ0v) is 10.4. The molecule has 1 aromatic heterocycles. The van der Waals surface area contributed by atoms with Crippen LogP contribution in [0.25, 0.3) is 0 Å². The number of nitrogens with one attached hydrogen (secondary N) is 3. The van der Waals surface area contributed by atoms with E-state index in [4.69, 9.17) is 0 Å². The molecule has 2 rings (SSSR count). The number of amides is 1. The molecule has 0 unspecified atom stereocenters. The SMILES string of the molecule is CCCc1cc(NC(=O)[C@@H]2CNC[C@H]2C)n[nH]1. The van der Waals surface area contributed by atoms with Crippen LogP contribution in [0, 0.1) is 11.8 Å². The van der Waals surface area contributed by atoms with Crippen molar-refractivity contribution < 1.29 is 4.79 Å². The monoisotopic (exact) mass is 236 g/mol. The van der Waals surface area contributed by atoms with Crippen LogP contribution in [0.5, 0.6) is 0 Å². The second-order valence-electron chi connectivity index (χ2n) is 4.76. The van der Waals surface area contributed by atoms with Crippen molar-refractivity contribution in [1.82, 2.24) is 15.5 Å². The number of H-pyrrole nitrogens is 1. The molecule has 1 fully saturated rings. The number of carbonyl (C=O) groups is 1. The summed E-state index contributed by atoms with van der Waals surface area (Å²) in [4.78, 5) is 12.0. The quantitative estimate of drug-likeness (QED) is 0.734. The molecule has 1 aliphatic rings. The Morgan fingerprint density at radius 2 is 2.41 bits per heavy atom. The summed E-state index contributed by atoms with van der Waals surface area (Å²) in [5, 5.41) is 13.1. The van der Waals surface area contributed by atoms with Gasteiger partial charge in [-0.25, -0.2) is 0 Å². The Morgan fingerprint density at radius 3 is 3.06 bits per heavy atom. The summed E-state index contributed by atoms with van der Waals surface area (Å²) >= 11 is 0. The van der Waals surface area contributed by atoms with Gasteiger partial charge in [0.1, 0.15) is 0 Å². The fourth-order valence-corrected chi connectivity index (χ4v) is 2.20. The average Bonchev–Trinajstić information content (AvgIpc) is 2.88. The van der Waals surface area contributed by atoms with Crippen LogP contribution in [0.15, 0.2) is 6.07 Å². The molecule has 2 atom stereocenters. The number of aromatic amines is 1. The topological polar surface area (TPSA) is 69.8 Å². The molecule has 94 valence electrons. The summed E-state index contributed by atoms with van der Waals surface area (Å²) in [6.45, 7) is 5.89. The van der Waals surface area contributed by atoms with E-state index in [1.165, 1.54) is 0 Å². The third kappa shape index (κ3) is 2.85. The van der Waals surface area contributed by atoms with Crippen molar-refractivity contribution in [3.8, 4) is 0 Å². The maximum Gasteiger partial charge on any atom is 0.230 e. The highest BCUT2D eigenvalue weighted by Gasteiger charge is 2.29. The largest absolute Gasteiger partial charge is 0.316 e. The zero-order chi connectivity index (χ0) is 12.3. The van der Waals surface area contributed by atoms with Gasteiger partial charge in [0, 0.05) is 18.3 Å². The molecule has 0 saturated carbocycles. The number of nitrogens with zero attached hydrogens (tertiary/aromatic N) is 1. The minimum absolute atomic E-state index is 0.0568. The number of hydrogen-bond donors (Lipinski definition) is 3. The number of carbonyl (C=O) groups excluding carboxylic acids is 1. The van der Waals surface area contributed by atoms with E-state index in [-0.39, 0.29) is 11.8 Å². The third-order valence-electron chi connectivity index (χ3n) is 3.26. The van der Waals surface area contributed by atoms with Crippen molar-refractivity contribution in [3.63, 3.8) is 0 Å². The highest BCUT2D eigenvalue weighted by atomic mass is 16.2. The van der Waals surface area contributed by atoms with Crippen LogP contribution in [0.2, 0.25) is 0 Å². The van der Waals surface area contributed by atoms with Gasteiger partial charge >= 0.3 is 0 Å². The van der Waals surface area contributed by atoms with Gasteiger partial charge in [0.15, 0.2) is 5.82 Å². The van der Waals surface area contributed by atoms with Crippen LogP contribution in [0.4, 0.5) is 5.82 Å². The van der Waals surface area contributed by atoms with Gasteiger partial charge in [0.2, 0.25) is 5.91 Å². The highest BCUT2D eigenvalue weighted by molar-refractivity contribution is 5.92. The number of anilines is 1. The molecule has 0 bridgehead atoms. The van der Waals surface area contributed by atoms with Gasteiger partial charge in [0.25, 0.3) is 0 Å². The molecule has 1 aliphatic heterocycles. The fourth-order valence-electron chi connectivity index (χ4n) is 2.20. The Balaban J connectivity index is 1.93. The molecule has 1 saturated heterocycles. The lowest BCUT2D eigenvalue weighted by Crippen LogP contribution is -2.27. The molecule has 0 spiro atoms. The second-order valence-corrected chi connectivity index (χ2v) is 4.76. The molecule has 5 heteroatoms. The molecule has 1 amide bonds. The Hall–Kier alpha value is -1.36. The first-order valence-electron chi connectivity index (χ1n) is 6.26. The van der Waals surface area contributed by atoms with Crippen molar-refractivity contribution >= 4 is 11.7 Å². The van der Waals surface area contributed by atoms with Gasteiger partial charge in [-0.3, -0.25) is 9.89 Å². The lowest BCUT2D eigenvalue weighted by molar-refractivity contribution is -0.120. The van der Waals surface area contributed by atoms with E-state index < -0.39 is 0 Å². The van der Waals surface area contributed by atoms with Crippen LogP contribution in [-0.4, -0.2) is 29.2 Å². The van der Waals surface area contributed by atoms with Crippen molar-refractivity contribution in [2.45, 2.75) is 26.7 Å². The molecule has 0 radical (unpaired) electrons. The standard InChI is InChI=1S/C12H20N4O/c1-3-4-9-5-11(16-15-9)14-12(17)10-7-13-6-8(10)2/h5,8,10,13H,3-4,6-7H2,1-2H3,(H2,14,15,16,17)/t8-,10-/m1/s1. The Kier molecular flexibility index (Phi) is 3.78. The predicted octanol–water partition coefficient (Wildman–Crippen LogP) is 1.16. The Labute approximate surface area is 101 Å². The molecule has 0 aliphatic carbocycles. The molecule has 0 aromatic carbocycles. The summed E-state index contributed by atoms with van der Waals surface area (Å²) in [6, 6.07) is 1.91. The minimum atomic E-state index is 0.0568. The lowest BCUT2D eigenvalue weighted by atomic mass is 9.97. The van der Waals surface area contributed by atoms with Crippen LogP contribution >= 0.6 is 0 Å². The molecular formula is C12H20N4O. The third-order valence-corrected chi connectivity index (χ3v) is 3.26. The lowest BCUT2D eigenvalue weighted by Gasteiger charge is -2.12. The van der Waals surface area contributed by atoms with Crippen LogP contribution in [0.1, 0.15) is 26.0 Å². The predicted molar refractivity (Wildman–Crippen MR) is 66.7 cm³/mol. The smallest absolute Gasteiger partial charge is 0.230 e. The van der Waals surface area contributed by atoms with Gasteiger partial charge in [0.05, 0.1) is 5.92 Å². The number of aryl methyl sites for hydroxylation is 1. The summed E-state index contributed by atoms with van der Waals surface area (Å²) < 4.78 is 0. The van der Waals surface area contributed by atoms with Crippen molar-refractivity contribution in [2.24, 2.45) is 11.8 Å². The van der Waals surface area contributed by atoms with Gasteiger partial charge in [-0.15, -0.1) is 0 Å². The van der Waals surface area contributed by atoms with Crippen molar-refractivity contribution in [2.75, 3.05) is 18.4 Å². The summed E-state index contributed by atoms with van der Waals surface area (Å²) in [5.74, 6) is 1.15. The number of hydrogen-bond acceptors (Lipinski definition) is 3. The van der Waals surface area contributed by atoms with Crippen molar-refractivity contribution in [3.05, 3.63) is 11.8 Å². The minimum Gasteiger partial charge on any atom is -0.316 e. The van der Waals surface area contributed by atoms with Crippen LogP contribution < -0.4 is 10.6 Å². The van der Waals surface area contributed by atoms with E-state index in [2.05, 4.69) is 34.7 Å². The zero-order valence-electron chi connectivity index (χ0n) is 10.4. The summed E-state index contributed by atoms with van der Waals surface area (Å²) in [7, 11) is 0. The van der Waals surface area contributed by atoms with Crippen molar-refractivity contribution in [1.29, 1.82) is 0 Å². The first kappa shape index (κ1) is 12.1. The number of rotatable bonds is 4. The molecule has 3 N–H and O–H groups in total. The first-order valence-corrected chi connectivity index (χ1v) is 6.26. The molecule has 2 heterocycles. The van der Waals surface area contributed by atoms with E-state index in [9.17, 15) is 4.79 Å². The number of aromatic nitrogens is 2.